The molecule has 1 fully saturated rings. The number of rotatable bonds is 5. The van der Waals surface area contributed by atoms with Crippen LogP contribution in [0, 0.1) is 5.82 Å². The van der Waals surface area contributed by atoms with Crippen molar-refractivity contribution in [2.24, 2.45) is 0 Å². The van der Waals surface area contributed by atoms with Crippen LogP contribution in [0.4, 0.5) is 4.39 Å². The number of hydrogen-bond acceptors (Lipinski definition) is 1. The maximum absolute atomic E-state index is 13.4. The maximum atomic E-state index is 13.4. The van der Waals surface area contributed by atoms with Gasteiger partial charge in [-0.25, -0.2) is 4.39 Å². The van der Waals surface area contributed by atoms with Crippen LogP contribution in [-0.2, 0) is 0 Å². The highest BCUT2D eigenvalue weighted by molar-refractivity contribution is 5.20. The molecule has 0 amide bonds. The minimum atomic E-state index is -0.0728. The lowest BCUT2D eigenvalue weighted by atomic mass is 9.97. The quantitative estimate of drug-likeness (QED) is 0.782. The maximum Gasteiger partial charge on any atom is 0.126 e. The second-order valence-corrected chi connectivity index (χ2v) is 4.44. The zero-order valence-corrected chi connectivity index (χ0v) is 9.17. The molecule has 1 aliphatic carbocycles. The molecular weight excluding hydrogens is 189 g/mol. The Labute approximate surface area is 90.7 Å². The first kappa shape index (κ1) is 10.6. The van der Waals surface area contributed by atoms with E-state index in [1.54, 1.807) is 12.1 Å². The molecule has 1 atom stereocenters. The monoisotopic (exact) mass is 207 g/mol. The molecule has 1 aromatic rings. The molecule has 1 saturated carbocycles. The van der Waals surface area contributed by atoms with E-state index in [-0.39, 0.29) is 5.82 Å². The summed E-state index contributed by atoms with van der Waals surface area (Å²) in [5.41, 5.74) is 0.843. The molecule has 2 heteroatoms. The van der Waals surface area contributed by atoms with Crippen molar-refractivity contribution in [2.75, 3.05) is 6.54 Å². The van der Waals surface area contributed by atoms with Gasteiger partial charge in [-0.1, -0.05) is 25.1 Å². The van der Waals surface area contributed by atoms with Crippen LogP contribution < -0.4 is 5.32 Å². The zero-order chi connectivity index (χ0) is 10.7. The topological polar surface area (TPSA) is 12.0 Å². The van der Waals surface area contributed by atoms with Crippen molar-refractivity contribution in [3.8, 4) is 0 Å². The molecule has 2 rings (SSSR count). The van der Waals surface area contributed by atoms with Crippen LogP contribution >= 0.6 is 0 Å². The molecule has 1 aromatic carbocycles. The fourth-order valence-electron chi connectivity index (χ4n) is 1.82. The first-order valence-electron chi connectivity index (χ1n) is 5.75. The average molecular weight is 207 g/mol. The lowest BCUT2D eigenvalue weighted by molar-refractivity contribution is 0.551. The summed E-state index contributed by atoms with van der Waals surface area (Å²) in [7, 11) is 0. The third kappa shape index (κ3) is 3.03. The van der Waals surface area contributed by atoms with E-state index in [4.69, 9.17) is 0 Å². The molecule has 0 radical (unpaired) electrons. The number of hydrogen-bond donors (Lipinski definition) is 1. The van der Waals surface area contributed by atoms with Crippen LogP contribution in [0.2, 0.25) is 0 Å². The van der Waals surface area contributed by atoms with Crippen LogP contribution in [0.15, 0.2) is 24.3 Å². The SMILES string of the molecule is CC(CCNC1CC1)c1ccccc1F. The van der Waals surface area contributed by atoms with Gasteiger partial charge < -0.3 is 5.32 Å². The minimum absolute atomic E-state index is 0.0728. The lowest BCUT2D eigenvalue weighted by Crippen LogP contribution is -2.19. The molecule has 1 nitrogen and oxygen atoms in total. The fraction of sp³-hybridized carbons (Fsp3) is 0.538. The second kappa shape index (κ2) is 4.75. The molecule has 0 aromatic heterocycles. The molecule has 0 spiro atoms. The third-order valence-corrected chi connectivity index (χ3v) is 3.02. The van der Waals surface area contributed by atoms with Crippen LogP contribution in [-0.4, -0.2) is 12.6 Å². The Morgan fingerprint density at radius 3 is 2.80 bits per heavy atom. The van der Waals surface area contributed by atoms with E-state index in [0.29, 0.717) is 5.92 Å². The minimum Gasteiger partial charge on any atom is -0.314 e. The van der Waals surface area contributed by atoms with Gasteiger partial charge in [0.1, 0.15) is 5.82 Å². The third-order valence-electron chi connectivity index (χ3n) is 3.02. The summed E-state index contributed by atoms with van der Waals surface area (Å²) in [5.74, 6) is 0.230. The average Bonchev–Trinajstić information content (AvgIpc) is 3.02. The van der Waals surface area contributed by atoms with Crippen LogP contribution in [0.25, 0.3) is 0 Å². The summed E-state index contributed by atoms with van der Waals surface area (Å²) in [6.45, 7) is 3.09. The molecule has 0 bridgehead atoms. The van der Waals surface area contributed by atoms with Crippen LogP contribution in [0.3, 0.4) is 0 Å². The van der Waals surface area contributed by atoms with E-state index in [1.165, 1.54) is 12.8 Å². The van der Waals surface area contributed by atoms with Gasteiger partial charge in [0, 0.05) is 6.04 Å². The van der Waals surface area contributed by atoms with Crippen molar-refractivity contribution in [1.82, 2.24) is 5.32 Å². The largest absolute Gasteiger partial charge is 0.314 e. The van der Waals surface area contributed by atoms with E-state index in [2.05, 4.69) is 12.2 Å². The lowest BCUT2D eigenvalue weighted by Gasteiger charge is -2.12. The highest BCUT2D eigenvalue weighted by Crippen LogP contribution is 2.23. The highest BCUT2D eigenvalue weighted by atomic mass is 19.1. The molecule has 82 valence electrons. The van der Waals surface area contributed by atoms with Gasteiger partial charge in [-0.05, 0) is 43.4 Å². The highest BCUT2D eigenvalue weighted by Gasteiger charge is 2.20. The van der Waals surface area contributed by atoms with Crippen molar-refractivity contribution in [3.05, 3.63) is 35.6 Å². The second-order valence-electron chi connectivity index (χ2n) is 4.44. The molecule has 0 aliphatic heterocycles. The van der Waals surface area contributed by atoms with Crippen molar-refractivity contribution in [3.63, 3.8) is 0 Å². The van der Waals surface area contributed by atoms with E-state index in [9.17, 15) is 4.39 Å². The van der Waals surface area contributed by atoms with Gasteiger partial charge in [0.05, 0.1) is 0 Å². The Balaban J connectivity index is 1.83. The summed E-state index contributed by atoms with van der Waals surface area (Å²) in [5, 5.41) is 3.45. The van der Waals surface area contributed by atoms with Gasteiger partial charge >= 0.3 is 0 Å². The van der Waals surface area contributed by atoms with Gasteiger partial charge in [-0.3, -0.25) is 0 Å². The van der Waals surface area contributed by atoms with Gasteiger partial charge in [0.25, 0.3) is 0 Å². The molecule has 1 unspecified atom stereocenters. The van der Waals surface area contributed by atoms with Gasteiger partial charge in [-0.15, -0.1) is 0 Å². The van der Waals surface area contributed by atoms with Crippen molar-refractivity contribution in [2.45, 2.75) is 38.1 Å². The van der Waals surface area contributed by atoms with Gasteiger partial charge in [0.2, 0.25) is 0 Å². The molecule has 1 aliphatic rings. The van der Waals surface area contributed by atoms with Crippen molar-refractivity contribution in [1.29, 1.82) is 0 Å². The standard InChI is InChI=1S/C13H18FN/c1-10(8-9-15-11-6-7-11)12-4-2-3-5-13(12)14/h2-5,10-11,15H,6-9H2,1H3. The van der Waals surface area contributed by atoms with Crippen LogP contribution in [0.5, 0.6) is 0 Å². The summed E-state index contributed by atoms with van der Waals surface area (Å²) in [6, 6.07) is 7.83. The predicted molar refractivity (Wildman–Crippen MR) is 60.5 cm³/mol. The summed E-state index contributed by atoms with van der Waals surface area (Å²) < 4.78 is 13.4. The van der Waals surface area contributed by atoms with E-state index in [0.717, 1.165) is 24.6 Å². The van der Waals surface area contributed by atoms with Gasteiger partial charge in [-0.2, -0.15) is 0 Å². The Morgan fingerprint density at radius 1 is 1.40 bits per heavy atom. The van der Waals surface area contributed by atoms with E-state index in [1.807, 2.05) is 12.1 Å². The Kier molecular flexibility index (Phi) is 3.37. The molecular formula is C13H18FN. The fourth-order valence-corrected chi connectivity index (χ4v) is 1.82. The smallest absolute Gasteiger partial charge is 0.126 e. The zero-order valence-electron chi connectivity index (χ0n) is 9.17. The predicted octanol–water partition coefficient (Wildman–Crippen LogP) is 3.07. The summed E-state index contributed by atoms with van der Waals surface area (Å²) in [6.07, 6.45) is 3.64. The first-order valence-corrected chi connectivity index (χ1v) is 5.75. The molecule has 0 heterocycles. The number of nitrogens with one attached hydrogen (secondary N) is 1. The van der Waals surface area contributed by atoms with E-state index < -0.39 is 0 Å². The number of halogens is 1. The summed E-state index contributed by atoms with van der Waals surface area (Å²) in [4.78, 5) is 0. The first-order chi connectivity index (χ1) is 7.27. The summed E-state index contributed by atoms with van der Waals surface area (Å²) >= 11 is 0. The number of benzene rings is 1. The van der Waals surface area contributed by atoms with Crippen LogP contribution in [0.1, 0.15) is 37.7 Å². The molecule has 15 heavy (non-hydrogen) atoms. The Bertz CT molecular complexity index is 320. The molecule has 0 saturated heterocycles. The Hall–Kier alpha value is -0.890. The van der Waals surface area contributed by atoms with Crippen molar-refractivity contribution < 1.29 is 4.39 Å². The molecule has 1 N–H and O–H groups in total. The van der Waals surface area contributed by atoms with Gasteiger partial charge in [0.15, 0.2) is 0 Å². The normalized spacial score (nSPS) is 17.7. The van der Waals surface area contributed by atoms with E-state index >= 15 is 0 Å². The van der Waals surface area contributed by atoms with Crippen molar-refractivity contribution >= 4 is 0 Å². The Morgan fingerprint density at radius 2 is 2.13 bits per heavy atom.